The minimum absolute atomic E-state index is 0.426. The van der Waals surface area contributed by atoms with Crippen molar-refractivity contribution in [2.24, 2.45) is 23.2 Å². The van der Waals surface area contributed by atoms with Crippen molar-refractivity contribution >= 4 is 0 Å². The zero-order chi connectivity index (χ0) is 20.0. The summed E-state index contributed by atoms with van der Waals surface area (Å²) >= 11 is 0. The molecule has 0 aromatic rings. The van der Waals surface area contributed by atoms with Crippen LogP contribution in [0, 0.1) is 23.2 Å². The molecule has 3 aliphatic rings. The first-order valence-corrected chi connectivity index (χ1v) is 12.2. The Morgan fingerprint density at radius 3 is 1.89 bits per heavy atom. The predicted molar refractivity (Wildman–Crippen MR) is 108 cm³/mol. The van der Waals surface area contributed by atoms with Gasteiger partial charge in [0.15, 0.2) is 0 Å². The van der Waals surface area contributed by atoms with Gasteiger partial charge in [0.1, 0.15) is 0 Å². The highest BCUT2D eigenvalue weighted by Crippen LogP contribution is 2.57. The van der Waals surface area contributed by atoms with Crippen molar-refractivity contribution < 1.29 is 17.9 Å². The minimum Gasteiger partial charge on any atom is -0.289 e. The van der Waals surface area contributed by atoms with Crippen molar-refractivity contribution in [3.8, 4) is 0 Å². The summed E-state index contributed by atoms with van der Waals surface area (Å²) in [7, 11) is 0. The molecule has 0 atom stereocenters. The van der Waals surface area contributed by atoms with Gasteiger partial charge >= 0.3 is 6.36 Å². The van der Waals surface area contributed by atoms with Crippen LogP contribution in [0.5, 0.6) is 0 Å². The Hall–Kier alpha value is -0.250. The van der Waals surface area contributed by atoms with E-state index in [1.807, 2.05) is 0 Å². The monoisotopic (exact) mass is 402 g/mol. The van der Waals surface area contributed by atoms with E-state index in [0.717, 1.165) is 24.7 Å². The second-order valence-corrected chi connectivity index (χ2v) is 10.0. The van der Waals surface area contributed by atoms with E-state index < -0.39 is 12.5 Å². The van der Waals surface area contributed by atoms with Crippen LogP contribution in [0.4, 0.5) is 13.2 Å². The summed E-state index contributed by atoms with van der Waals surface area (Å²) < 4.78 is 42.1. The molecule has 0 spiro atoms. The molecule has 164 valence electrons. The van der Waals surface area contributed by atoms with Gasteiger partial charge in [0, 0.05) is 0 Å². The summed E-state index contributed by atoms with van der Waals surface area (Å²) in [6, 6.07) is 0. The van der Waals surface area contributed by atoms with Gasteiger partial charge in [0.25, 0.3) is 0 Å². The van der Waals surface area contributed by atoms with Crippen molar-refractivity contribution in [3.63, 3.8) is 0 Å². The predicted octanol–water partition coefficient (Wildman–Crippen LogP) is 8.42. The van der Waals surface area contributed by atoms with Crippen LogP contribution >= 0.6 is 0 Å². The largest absolute Gasteiger partial charge is 0.522 e. The summed E-state index contributed by atoms with van der Waals surface area (Å²) in [6.07, 6.45) is 15.6. The second-order valence-electron chi connectivity index (χ2n) is 10.0. The van der Waals surface area contributed by atoms with Crippen molar-refractivity contribution in [3.05, 3.63) is 0 Å². The fraction of sp³-hybridized carbons (Fsp3) is 1.00. The Kier molecular flexibility index (Phi) is 8.15. The van der Waals surface area contributed by atoms with E-state index in [9.17, 15) is 13.2 Å². The van der Waals surface area contributed by atoms with Crippen molar-refractivity contribution in [1.82, 2.24) is 0 Å². The number of rotatable bonds is 7. The molecule has 3 aliphatic carbocycles. The lowest BCUT2D eigenvalue weighted by atomic mass is 9.53. The van der Waals surface area contributed by atoms with E-state index in [0.29, 0.717) is 24.2 Å². The quantitative estimate of drug-likeness (QED) is 0.388. The van der Waals surface area contributed by atoms with Crippen LogP contribution in [0.15, 0.2) is 0 Å². The number of hydrogen-bond donors (Lipinski definition) is 0. The molecule has 0 heterocycles. The fourth-order valence-corrected chi connectivity index (χ4v) is 7.01. The lowest BCUT2D eigenvalue weighted by molar-refractivity contribution is -0.346. The van der Waals surface area contributed by atoms with Gasteiger partial charge in [-0.25, -0.2) is 0 Å². The van der Waals surface area contributed by atoms with E-state index in [1.54, 1.807) is 0 Å². The van der Waals surface area contributed by atoms with Gasteiger partial charge in [-0.1, -0.05) is 64.7 Å². The van der Waals surface area contributed by atoms with Gasteiger partial charge in [0.2, 0.25) is 0 Å². The van der Waals surface area contributed by atoms with Gasteiger partial charge in [-0.3, -0.25) is 4.74 Å². The topological polar surface area (TPSA) is 9.23 Å². The molecule has 0 saturated heterocycles. The average molecular weight is 403 g/mol. The normalized spacial score (nSPS) is 34.3. The summed E-state index contributed by atoms with van der Waals surface area (Å²) in [6.45, 7) is 2.28. The standard InChI is InChI=1S/C24H41F3O/c1-2-3-5-8-19-9-11-20(12-10-19)23(17-6-4-7-18-23)21-13-15-22(16-14-21)28-24(25,26)27/h19-22H,2-18H2,1H3. The highest BCUT2D eigenvalue weighted by molar-refractivity contribution is 4.97. The number of hydrogen-bond acceptors (Lipinski definition) is 1. The van der Waals surface area contributed by atoms with Gasteiger partial charge < -0.3 is 0 Å². The summed E-state index contributed by atoms with van der Waals surface area (Å²) in [5.74, 6) is 2.38. The molecule has 0 aliphatic heterocycles. The third-order valence-electron chi connectivity index (χ3n) is 8.45. The van der Waals surface area contributed by atoms with E-state index >= 15 is 0 Å². The maximum absolute atomic E-state index is 12.6. The first-order chi connectivity index (χ1) is 13.4. The van der Waals surface area contributed by atoms with E-state index in [4.69, 9.17) is 0 Å². The second kappa shape index (κ2) is 10.2. The molecule has 0 radical (unpaired) electrons. The zero-order valence-electron chi connectivity index (χ0n) is 17.9. The Morgan fingerprint density at radius 1 is 0.786 bits per heavy atom. The van der Waals surface area contributed by atoms with Crippen LogP contribution in [-0.4, -0.2) is 12.5 Å². The fourth-order valence-electron chi connectivity index (χ4n) is 7.01. The van der Waals surface area contributed by atoms with Crippen LogP contribution in [-0.2, 0) is 4.74 Å². The van der Waals surface area contributed by atoms with Crippen molar-refractivity contribution in [1.29, 1.82) is 0 Å². The third kappa shape index (κ3) is 5.89. The third-order valence-corrected chi connectivity index (χ3v) is 8.45. The molecular weight excluding hydrogens is 361 g/mol. The summed E-state index contributed by atoms with van der Waals surface area (Å²) in [5, 5.41) is 0. The molecule has 28 heavy (non-hydrogen) atoms. The van der Waals surface area contributed by atoms with Gasteiger partial charge in [-0.2, -0.15) is 0 Å². The molecule has 4 heteroatoms. The van der Waals surface area contributed by atoms with E-state index in [-0.39, 0.29) is 0 Å². The maximum Gasteiger partial charge on any atom is 0.522 e. The lowest BCUT2D eigenvalue weighted by Crippen LogP contribution is -2.44. The van der Waals surface area contributed by atoms with Crippen LogP contribution in [0.1, 0.15) is 116 Å². The molecule has 3 fully saturated rings. The smallest absolute Gasteiger partial charge is 0.289 e. The molecule has 0 aromatic carbocycles. The first-order valence-electron chi connectivity index (χ1n) is 12.2. The Balaban J connectivity index is 1.56. The van der Waals surface area contributed by atoms with Crippen LogP contribution < -0.4 is 0 Å². The molecule has 0 bridgehead atoms. The highest BCUT2D eigenvalue weighted by atomic mass is 19.4. The van der Waals surface area contributed by atoms with Crippen LogP contribution in [0.3, 0.4) is 0 Å². The van der Waals surface area contributed by atoms with E-state index in [2.05, 4.69) is 11.7 Å². The molecular formula is C24H41F3O. The number of unbranched alkanes of at least 4 members (excludes halogenated alkanes) is 2. The molecule has 3 rings (SSSR count). The SMILES string of the molecule is CCCCCC1CCC(C2(C3CCC(OC(F)(F)F)CC3)CCCCC2)CC1. The van der Waals surface area contributed by atoms with Crippen molar-refractivity contribution in [2.45, 2.75) is 129 Å². The molecule has 0 unspecified atom stereocenters. The van der Waals surface area contributed by atoms with Crippen molar-refractivity contribution in [2.75, 3.05) is 0 Å². The van der Waals surface area contributed by atoms with Gasteiger partial charge in [0.05, 0.1) is 6.10 Å². The van der Waals surface area contributed by atoms with Crippen LogP contribution in [0.25, 0.3) is 0 Å². The minimum atomic E-state index is -4.48. The zero-order valence-corrected chi connectivity index (χ0v) is 17.9. The Bertz CT molecular complexity index is 439. The Morgan fingerprint density at radius 2 is 1.36 bits per heavy atom. The van der Waals surface area contributed by atoms with E-state index in [1.165, 1.54) is 83.5 Å². The molecule has 0 amide bonds. The van der Waals surface area contributed by atoms with Gasteiger partial charge in [-0.05, 0) is 74.5 Å². The lowest BCUT2D eigenvalue weighted by Gasteiger charge is -2.53. The molecule has 3 saturated carbocycles. The first kappa shape index (κ1) is 22.4. The molecule has 0 N–H and O–H groups in total. The maximum atomic E-state index is 12.6. The Labute approximate surface area is 170 Å². The highest BCUT2D eigenvalue weighted by Gasteiger charge is 2.48. The number of halogens is 3. The number of alkyl halides is 3. The molecule has 1 nitrogen and oxygen atoms in total. The summed E-state index contributed by atoms with van der Waals surface area (Å²) in [4.78, 5) is 0. The molecule has 0 aromatic heterocycles. The average Bonchev–Trinajstić information content (AvgIpc) is 2.69. The van der Waals surface area contributed by atoms with Gasteiger partial charge in [-0.15, -0.1) is 13.2 Å². The van der Waals surface area contributed by atoms with Crippen LogP contribution in [0.2, 0.25) is 0 Å². The number of ether oxygens (including phenoxy) is 1. The summed E-state index contributed by atoms with van der Waals surface area (Å²) in [5.41, 5.74) is 0.426.